The zero-order valence-electron chi connectivity index (χ0n) is 20.6. The maximum atomic E-state index is 13.5. The molecule has 1 aromatic heterocycles. The first kappa shape index (κ1) is 27.8. The summed E-state index contributed by atoms with van der Waals surface area (Å²) in [6.45, 7) is -0.00624. The van der Waals surface area contributed by atoms with Crippen LogP contribution in [0.25, 0.3) is 0 Å². The Morgan fingerprint density at radius 1 is 1.03 bits per heavy atom. The van der Waals surface area contributed by atoms with Gasteiger partial charge in [0.25, 0.3) is 5.91 Å². The van der Waals surface area contributed by atoms with Crippen molar-refractivity contribution in [2.75, 3.05) is 7.11 Å². The highest BCUT2D eigenvalue weighted by Crippen LogP contribution is 2.40. The predicted molar refractivity (Wildman–Crippen MR) is 130 cm³/mol. The van der Waals surface area contributed by atoms with Crippen LogP contribution < -0.4 is 20.1 Å². The van der Waals surface area contributed by atoms with Crippen molar-refractivity contribution in [1.29, 1.82) is 0 Å². The minimum absolute atomic E-state index is 0.00624. The molecule has 0 radical (unpaired) electrons. The lowest BCUT2D eigenvalue weighted by molar-refractivity contribution is -0.138. The normalized spacial score (nSPS) is 20.8. The number of nitrogens with zero attached hydrogens (tertiary/aromatic N) is 2. The van der Waals surface area contributed by atoms with Crippen LogP contribution in [0.3, 0.4) is 0 Å². The van der Waals surface area contributed by atoms with E-state index >= 15 is 0 Å². The Labute approximate surface area is 220 Å². The molecule has 4 rings (SSSR count). The van der Waals surface area contributed by atoms with E-state index in [1.165, 1.54) is 44.0 Å². The summed E-state index contributed by atoms with van der Waals surface area (Å²) in [5.74, 6) is -1.50. The highest BCUT2D eigenvalue weighted by atomic mass is 19.4. The monoisotopic (exact) mass is 546 g/mol. The summed E-state index contributed by atoms with van der Waals surface area (Å²) < 4.78 is 50.7. The van der Waals surface area contributed by atoms with Crippen LogP contribution in [0, 0.1) is 0 Å². The van der Waals surface area contributed by atoms with Crippen molar-refractivity contribution in [2.24, 2.45) is 0 Å². The van der Waals surface area contributed by atoms with Gasteiger partial charge in [-0.25, -0.2) is 9.97 Å². The van der Waals surface area contributed by atoms with Gasteiger partial charge in [0.2, 0.25) is 5.91 Å². The Bertz CT molecular complexity index is 1310. The number of aliphatic hydroxyl groups is 2. The van der Waals surface area contributed by atoms with Crippen molar-refractivity contribution in [3.05, 3.63) is 77.9 Å². The number of benzene rings is 2. The van der Waals surface area contributed by atoms with Crippen molar-refractivity contribution in [2.45, 2.75) is 43.3 Å². The number of halogens is 3. The summed E-state index contributed by atoms with van der Waals surface area (Å²) in [5.41, 5.74) is -1.90. The van der Waals surface area contributed by atoms with E-state index in [1.807, 2.05) is 0 Å². The molecule has 206 valence electrons. The standard InChI is InChI=1S/C26H25F3N4O6/c1-38-18-6-7-22(19(8-18)26(27,28)29)39-17-4-2-15(3-5-17)11-32-24(37)25(9-20(34)21(35)10-25)33-23(36)16-12-30-14-31-13-16/h2-8,12-14,20-21,34-35H,9-11H2,1H3,(H,32,37)(H,33,36). The van der Waals surface area contributed by atoms with Gasteiger partial charge in [-0.1, -0.05) is 12.1 Å². The summed E-state index contributed by atoms with van der Waals surface area (Å²) in [4.78, 5) is 33.4. The summed E-state index contributed by atoms with van der Waals surface area (Å²) in [5, 5.41) is 25.5. The van der Waals surface area contributed by atoms with Crippen LogP contribution in [0.2, 0.25) is 0 Å². The minimum atomic E-state index is -4.66. The molecule has 2 atom stereocenters. The van der Waals surface area contributed by atoms with Gasteiger partial charge in [0.1, 0.15) is 34.7 Å². The molecule has 1 fully saturated rings. The van der Waals surface area contributed by atoms with Crippen molar-refractivity contribution in [1.82, 2.24) is 20.6 Å². The fourth-order valence-corrected chi connectivity index (χ4v) is 4.22. The Hall–Kier alpha value is -4.23. The van der Waals surface area contributed by atoms with E-state index in [0.29, 0.717) is 5.56 Å². The average molecular weight is 547 g/mol. The first-order valence-electron chi connectivity index (χ1n) is 11.7. The second-order valence-electron chi connectivity index (χ2n) is 8.99. The molecule has 0 spiro atoms. The number of methoxy groups -OCH3 is 1. The van der Waals surface area contributed by atoms with Crippen LogP contribution in [0.1, 0.15) is 34.3 Å². The SMILES string of the molecule is COc1ccc(Oc2ccc(CNC(=O)C3(NC(=O)c4cncnc4)CC(O)C(O)C3)cc2)c(C(F)(F)F)c1. The van der Waals surface area contributed by atoms with Crippen LogP contribution >= 0.6 is 0 Å². The smallest absolute Gasteiger partial charge is 0.420 e. The summed E-state index contributed by atoms with van der Waals surface area (Å²) in [7, 11) is 1.26. The molecule has 0 saturated heterocycles. The van der Waals surface area contributed by atoms with Gasteiger partial charge < -0.3 is 30.3 Å². The molecule has 1 heterocycles. The van der Waals surface area contributed by atoms with Crippen molar-refractivity contribution in [3.8, 4) is 17.2 Å². The van der Waals surface area contributed by atoms with Gasteiger partial charge in [0.05, 0.1) is 24.9 Å². The zero-order valence-corrected chi connectivity index (χ0v) is 20.6. The number of hydrogen-bond donors (Lipinski definition) is 4. The maximum Gasteiger partial charge on any atom is 0.420 e. The number of alkyl halides is 3. The maximum absolute atomic E-state index is 13.5. The third kappa shape index (κ3) is 6.44. The molecule has 0 bridgehead atoms. The molecule has 39 heavy (non-hydrogen) atoms. The van der Waals surface area contributed by atoms with Crippen molar-refractivity contribution >= 4 is 11.8 Å². The van der Waals surface area contributed by atoms with Crippen LogP contribution in [0.5, 0.6) is 17.2 Å². The number of carbonyl (C=O) groups excluding carboxylic acids is 2. The van der Waals surface area contributed by atoms with Gasteiger partial charge in [0.15, 0.2) is 0 Å². The molecule has 2 unspecified atom stereocenters. The molecular weight excluding hydrogens is 521 g/mol. The molecule has 3 aromatic rings. The summed E-state index contributed by atoms with van der Waals surface area (Å²) in [6.07, 6.45) is -3.76. The molecule has 1 aliphatic rings. The van der Waals surface area contributed by atoms with Gasteiger partial charge in [-0.2, -0.15) is 13.2 Å². The molecule has 1 aliphatic carbocycles. The lowest BCUT2D eigenvalue weighted by atomic mass is 9.95. The first-order chi connectivity index (χ1) is 18.5. The molecular formula is C26H25F3N4O6. The Morgan fingerprint density at radius 3 is 2.23 bits per heavy atom. The van der Waals surface area contributed by atoms with Crippen molar-refractivity contribution < 1.29 is 42.4 Å². The Morgan fingerprint density at radius 2 is 1.64 bits per heavy atom. The highest BCUT2D eigenvalue weighted by molar-refractivity contribution is 5.99. The van der Waals surface area contributed by atoms with E-state index in [2.05, 4.69) is 20.6 Å². The fourth-order valence-electron chi connectivity index (χ4n) is 4.22. The largest absolute Gasteiger partial charge is 0.497 e. The number of ether oxygens (including phenoxy) is 2. The number of aliphatic hydroxyl groups excluding tert-OH is 2. The first-order valence-corrected chi connectivity index (χ1v) is 11.7. The number of carbonyl (C=O) groups is 2. The average Bonchev–Trinajstić information content (AvgIpc) is 3.21. The van der Waals surface area contributed by atoms with Gasteiger partial charge >= 0.3 is 6.18 Å². The quantitative estimate of drug-likeness (QED) is 0.338. The summed E-state index contributed by atoms with van der Waals surface area (Å²) in [6, 6.07) is 9.36. The van der Waals surface area contributed by atoms with Crippen LogP contribution in [-0.4, -0.2) is 56.9 Å². The third-order valence-electron chi connectivity index (χ3n) is 6.27. The molecule has 4 N–H and O–H groups in total. The van der Waals surface area contributed by atoms with E-state index in [9.17, 15) is 33.0 Å². The van der Waals surface area contributed by atoms with Gasteiger partial charge in [-0.15, -0.1) is 0 Å². The zero-order chi connectivity index (χ0) is 28.2. The number of nitrogens with one attached hydrogen (secondary N) is 2. The second kappa shape index (κ2) is 11.3. The minimum Gasteiger partial charge on any atom is -0.497 e. The van der Waals surface area contributed by atoms with Gasteiger partial charge in [-0.05, 0) is 35.9 Å². The predicted octanol–water partition coefficient (Wildman–Crippen LogP) is 2.60. The summed E-state index contributed by atoms with van der Waals surface area (Å²) >= 11 is 0. The van der Waals surface area contributed by atoms with E-state index in [0.717, 1.165) is 12.1 Å². The topological polar surface area (TPSA) is 143 Å². The number of hydrogen-bond acceptors (Lipinski definition) is 8. The lowest BCUT2D eigenvalue weighted by Gasteiger charge is -2.29. The Balaban J connectivity index is 1.44. The molecule has 2 aromatic carbocycles. The highest BCUT2D eigenvalue weighted by Gasteiger charge is 2.50. The number of rotatable bonds is 8. The van der Waals surface area contributed by atoms with E-state index in [-0.39, 0.29) is 36.4 Å². The molecule has 2 amide bonds. The van der Waals surface area contributed by atoms with Crippen molar-refractivity contribution in [3.63, 3.8) is 0 Å². The molecule has 10 nitrogen and oxygen atoms in total. The Kier molecular flexibility index (Phi) is 8.02. The van der Waals surface area contributed by atoms with E-state index in [1.54, 1.807) is 12.1 Å². The van der Waals surface area contributed by atoms with Crippen LogP contribution in [-0.2, 0) is 17.5 Å². The fraction of sp³-hybridized carbons (Fsp3) is 0.308. The van der Waals surface area contributed by atoms with E-state index in [4.69, 9.17) is 9.47 Å². The second-order valence-corrected chi connectivity index (χ2v) is 8.99. The van der Waals surface area contributed by atoms with E-state index < -0.39 is 47.1 Å². The third-order valence-corrected chi connectivity index (χ3v) is 6.27. The molecule has 13 heteroatoms. The number of amides is 2. The van der Waals surface area contributed by atoms with Gasteiger partial charge in [0, 0.05) is 31.8 Å². The van der Waals surface area contributed by atoms with Gasteiger partial charge in [-0.3, -0.25) is 9.59 Å². The lowest BCUT2D eigenvalue weighted by Crippen LogP contribution is -2.57. The number of aromatic nitrogens is 2. The van der Waals surface area contributed by atoms with Crippen LogP contribution in [0.15, 0.2) is 61.2 Å². The molecule has 0 aliphatic heterocycles. The molecule has 1 saturated carbocycles. The van der Waals surface area contributed by atoms with Crippen LogP contribution in [0.4, 0.5) is 13.2 Å².